The summed E-state index contributed by atoms with van der Waals surface area (Å²) in [6.07, 6.45) is -1.17. The SMILES string of the molecule is COC(OC(=O)c1cccc(Cl)c1)C(C)=O. The number of benzene rings is 1. The van der Waals surface area contributed by atoms with Gasteiger partial charge in [0, 0.05) is 19.1 Å². The van der Waals surface area contributed by atoms with Gasteiger partial charge in [-0.2, -0.15) is 0 Å². The van der Waals surface area contributed by atoms with E-state index in [1.54, 1.807) is 18.2 Å². The average molecular weight is 243 g/mol. The molecule has 1 aromatic carbocycles. The number of carbonyl (C=O) groups is 2. The van der Waals surface area contributed by atoms with Gasteiger partial charge in [0.1, 0.15) is 0 Å². The first-order valence-corrected chi connectivity index (χ1v) is 4.92. The molecule has 0 bridgehead atoms. The van der Waals surface area contributed by atoms with Crippen LogP contribution >= 0.6 is 11.6 Å². The summed E-state index contributed by atoms with van der Waals surface area (Å²) in [7, 11) is 1.29. The summed E-state index contributed by atoms with van der Waals surface area (Å²) in [4.78, 5) is 22.5. The van der Waals surface area contributed by atoms with E-state index in [2.05, 4.69) is 0 Å². The van der Waals surface area contributed by atoms with Crippen LogP contribution in [0.3, 0.4) is 0 Å². The molecule has 0 amide bonds. The molecule has 4 nitrogen and oxygen atoms in total. The standard InChI is InChI=1S/C11H11ClO4/c1-7(13)11(15-2)16-10(14)8-4-3-5-9(12)6-8/h3-6,11H,1-2H3. The highest BCUT2D eigenvalue weighted by atomic mass is 35.5. The van der Waals surface area contributed by atoms with E-state index in [1.807, 2.05) is 0 Å². The molecule has 0 spiro atoms. The van der Waals surface area contributed by atoms with Crippen LogP contribution in [0, 0.1) is 0 Å². The summed E-state index contributed by atoms with van der Waals surface area (Å²) < 4.78 is 9.54. The van der Waals surface area contributed by atoms with Gasteiger partial charge in [0.25, 0.3) is 6.29 Å². The minimum absolute atomic E-state index is 0.274. The molecule has 0 heterocycles. The van der Waals surface area contributed by atoms with Gasteiger partial charge in [0.15, 0.2) is 5.78 Å². The van der Waals surface area contributed by atoms with Crippen molar-refractivity contribution < 1.29 is 19.1 Å². The Morgan fingerprint density at radius 2 is 2.06 bits per heavy atom. The summed E-state index contributed by atoms with van der Waals surface area (Å²) in [6, 6.07) is 6.25. The van der Waals surface area contributed by atoms with Gasteiger partial charge in [0.2, 0.25) is 0 Å². The third-order valence-electron chi connectivity index (χ3n) is 1.82. The fourth-order valence-corrected chi connectivity index (χ4v) is 1.27. The maximum absolute atomic E-state index is 11.6. The number of hydrogen-bond acceptors (Lipinski definition) is 4. The lowest BCUT2D eigenvalue weighted by Gasteiger charge is -2.12. The van der Waals surface area contributed by atoms with Crippen molar-refractivity contribution in [1.29, 1.82) is 0 Å². The minimum Gasteiger partial charge on any atom is -0.424 e. The van der Waals surface area contributed by atoms with Crippen LogP contribution in [0.2, 0.25) is 5.02 Å². The molecule has 0 aliphatic rings. The molecule has 1 unspecified atom stereocenters. The van der Waals surface area contributed by atoms with Gasteiger partial charge in [0.05, 0.1) is 5.56 Å². The van der Waals surface area contributed by atoms with Crippen LogP contribution in [0.5, 0.6) is 0 Å². The first-order valence-electron chi connectivity index (χ1n) is 4.54. The van der Waals surface area contributed by atoms with Crippen molar-refractivity contribution in [2.75, 3.05) is 7.11 Å². The quantitative estimate of drug-likeness (QED) is 0.599. The Bertz CT molecular complexity index is 403. The number of esters is 1. The van der Waals surface area contributed by atoms with Gasteiger partial charge in [-0.25, -0.2) is 4.79 Å². The summed E-state index contributed by atoms with van der Waals surface area (Å²) in [6.45, 7) is 1.28. The number of Topliss-reactive ketones (excluding diaryl/α,β-unsaturated/α-hetero) is 1. The predicted octanol–water partition coefficient (Wildman–Crippen LogP) is 2.06. The molecule has 0 aromatic heterocycles. The second kappa shape index (κ2) is 5.63. The van der Waals surface area contributed by atoms with Crippen molar-refractivity contribution >= 4 is 23.4 Å². The number of methoxy groups -OCH3 is 1. The Morgan fingerprint density at radius 1 is 1.38 bits per heavy atom. The maximum Gasteiger partial charge on any atom is 0.340 e. The van der Waals surface area contributed by atoms with E-state index in [1.165, 1.54) is 20.1 Å². The Labute approximate surface area is 98.1 Å². The van der Waals surface area contributed by atoms with E-state index in [-0.39, 0.29) is 11.3 Å². The maximum atomic E-state index is 11.6. The van der Waals surface area contributed by atoms with Crippen LogP contribution in [0.15, 0.2) is 24.3 Å². The Hall–Kier alpha value is -1.39. The zero-order valence-electron chi connectivity index (χ0n) is 8.90. The van der Waals surface area contributed by atoms with Crippen molar-refractivity contribution in [3.8, 4) is 0 Å². The van der Waals surface area contributed by atoms with Crippen molar-refractivity contribution in [3.05, 3.63) is 34.9 Å². The van der Waals surface area contributed by atoms with Crippen LogP contribution in [0.25, 0.3) is 0 Å². The van der Waals surface area contributed by atoms with E-state index in [0.717, 1.165) is 0 Å². The Balaban J connectivity index is 2.75. The van der Waals surface area contributed by atoms with Crippen molar-refractivity contribution in [2.24, 2.45) is 0 Å². The Kier molecular flexibility index (Phi) is 4.46. The lowest BCUT2D eigenvalue weighted by atomic mass is 10.2. The second-order valence-electron chi connectivity index (χ2n) is 3.09. The Morgan fingerprint density at radius 3 is 2.56 bits per heavy atom. The lowest BCUT2D eigenvalue weighted by Crippen LogP contribution is -2.27. The van der Waals surface area contributed by atoms with Gasteiger partial charge in [-0.1, -0.05) is 17.7 Å². The predicted molar refractivity (Wildman–Crippen MR) is 58.3 cm³/mol. The highest BCUT2D eigenvalue weighted by Gasteiger charge is 2.19. The monoisotopic (exact) mass is 242 g/mol. The van der Waals surface area contributed by atoms with Gasteiger partial charge in [-0.05, 0) is 18.2 Å². The van der Waals surface area contributed by atoms with Gasteiger partial charge in [-0.15, -0.1) is 0 Å². The number of rotatable bonds is 4. The smallest absolute Gasteiger partial charge is 0.340 e. The normalized spacial score (nSPS) is 11.9. The van der Waals surface area contributed by atoms with Crippen LogP contribution in [-0.2, 0) is 14.3 Å². The van der Waals surface area contributed by atoms with Gasteiger partial charge >= 0.3 is 5.97 Å². The first kappa shape index (κ1) is 12.7. The molecule has 1 aromatic rings. The third kappa shape index (κ3) is 3.32. The third-order valence-corrected chi connectivity index (χ3v) is 2.06. The van der Waals surface area contributed by atoms with Crippen molar-refractivity contribution in [1.82, 2.24) is 0 Å². The number of ether oxygens (including phenoxy) is 2. The van der Waals surface area contributed by atoms with Crippen molar-refractivity contribution in [2.45, 2.75) is 13.2 Å². The zero-order valence-corrected chi connectivity index (χ0v) is 9.65. The molecule has 0 N–H and O–H groups in total. The average Bonchev–Trinajstić information content (AvgIpc) is 2.25. The van der Waals surface area contributed by atoms with E-state index >= 15 is 0 Å². The fourth-order valence-electron chi connectivity index (χ4n) is 1.08. The molecule has 0 aliphatic heterocycles. The molecule has 86 valence electrons. The summed E-state index contributed by atoms with van der Waals surface area (Å²) in [5.41, 5.74) is 0.274. The molecule has 0 fully saturated rings. The van der Waals surface area contributed by atoms with E-state index in [4.69, 9.17) is 21.1 Å². The number of ketones is 1. The van der Waals surface area contributed by atoms with Crippen LogP contribution in [0.4, 0.5) is 0 Å². The molecule has 5 heteroatoms. The molecule has 1 atom stereocenters. The first-order chi connectivity index (χ1) is 7.54. The molecular weight excluding hydrogens is 232 g/mol. The van der Waals surface area contributed by atoms with Gasteiger partial charge in [-0.3, -0.25) is 4.79 Å². The van der Waals surface area contributed by atoms with Crippen molar-refractivity contribution in [3.63, 3.8) is 0 Å². The molecule has 0 saturated heterocycles. The van der Waals surface area contributed by atoms with E-state index in [9.17, 15) is 9.59 Å². The number of carbonyl (C=O) groups excluding carboxylic acids is 2. The zero-order chi connectivity index (χ0) is 12.1. The van der Waals surface area contributed by atoms with E-state index < -0.39 is 12.3 Å². The molecule has 1 rings (SSSR count). The fraction of sp³-hybridized carbons (Fsp3) is 0.273. The van der Waals surface area contributed by atoms with E-state index in [0.29, 0.717) is 5.02 Å². The largest absolute Gasteiger partial charge is 0.424 e. The molecular formula is C11H11ClO4. The molecule has 16 heavy (non-hydrogen) atoms. The highest BCUT2D eigenvalue weighted by Crippen LogP contribution is 2.12. The molecule has 0 aliphatic carbocycles. The van der Waals surface area contributed by atoms with Crippen LogP contribution in [-0.4, -0.2) is 25.2 Å². The number of halogens is 1. The molecule has 0 saturated carbocycles. The van der Waals surface area contributed by atoms with Crippen LogP contribution in [0.1, 0.15) is 17.3 Å². The highest BCUT2D eigenvalue weighted by molar-refractivity contribution is 6.30. The summed E-state index contributed by atoms with van der Waals surface area (Å²) >= 11 is 5.72. The summed E-state index contributed by atoms with van der Waals surface area (Å²) in [5.74, 6) is -1.03. The van der Waals surface area contributed by atoms with Crippen LogP contribution < -0.4 is 0 Å². The minimum atomic E-state index is -1.17. The second-order valence-corrected chi connectivity index (χ2v) is 3.53. The number of hydrogen-bond donors (Lipinski definition) is 0. The summed E-state index contributed by atoms with van der Waals surface area (Å²) in [5, 5.41) is 0.422. The topological polar surface area (TPSA) is 52.6 Å². The molecule has 0 radical (unpaired) electrons. The van der Waals surface area contributed by atoms with Gasteiger partial charge < -0.3 is 9.47 Å². The lowest BCUT2D eigenvalue weighted by molar-refractivity contribution is -0.149.